The van der Waals surface area contributed by atoms with Gasteiger partial charge in [-0.1, -0.05) is 6.07 Å². The van der Waals surface area contributed by atoms with Crippen LogP contribution in [0.3, 0.4) is 0 Å². The van der Waals surface area contributed by atoms with Crippen LogP contribution in [0.25, 0.3) is 0 Å². The van der Waals surface area contributed by atoms with Crippen molar-refractivity contribution < 1.29 is 23.0 Å². The van der Waals surface area contributed by atoms with Crippen molar-refractivity contribution in [3.63, 3.8) is 0 Å². The fraction of sp³-hybridized carbons (Fsp3) is 0.259. The van der Waals surface area contributed by atoms with Gasteiger partial charge < -0.3 is 19.7 Å². The van der Waals surface area contributed by atoms with Gasteiger partial charge in [-0.3, -0.25) is 4.79 Å². The van der Waals surface area contributed by atoms with Crippen LogP contribution in [0.1, 0.15) is 34.3 Å². The van der Waals surface area contributed by atoms with Gasteiger partial charge in [0.25, 0.3) is 5.91 Å². The van der Waals surface area contributed by atoms with Crippen LogP contribution in [0.4, 0.5) is 20.2 Å². The first-order valence-electron chi connectivity index (χ1n) is 11.2. The van der Waals surface area contributed by atoms with Crippen molar-refractivity contribution in [2.75, 3.05) is 30.4 Å². The summed E-state index contributed by atoms with van der Waals surface area (Å²) in [5, 5.41) is 12.3. The lowest BCUT2D eigenvalue weighted by Gasteiger charge is -2.35. The lowest BCUT2D eigenvalue weighted by atomic mass is 10.0. The average molecular weight is 478 g/mol. The van der Waals surface area contributed by atoms with Gasteiger partial charge in [-0.2, -0.15) is 5.26 Å². The number of halogens is 2. The molecule has 1 saturated heterocycles. The molecule has 1 aliphatic rings. The zero-order valence-corrected chi connectivity index (χ0v) is 19.5. The predicted octanol–water partition coefficient (Wildman–Crippen LogP) is 5.45. The number of hydrogen-bond acceptors (Lipinski definition) is 5. The summed E-state index contributed by atoms with van der Waals surface area (Å²) in [6.45, 7) is 3.10. The predicted molar refractivity (Wildman–Crippen MR) is 129 cm³/mol. The second kappa shape index (κ2) is 10.4. The Labute approximate surface area is 202 Å². The Morgan fingerprint density at radius 2 is 1.83 bits per heavy atom. The highest BCUT2D eigenvalue weighted by Crippen LogP contribution is 2.32. The quantitative estimate of drug-likeness (QED) is 0.511. The van der Waals surface area contributed by atoms with Gasteiger partial charge in [-0.05, 0) is 55.0 Å². The number of benzene rings is 3. The smallest absolute Gasteiger partial charge is 0.259 e. The number of nitrogens with one attached hydrogen (secondary N) is 1. The van der Waals surface area contributed by atoms with E-state index in [9.17, 15) is 18.8 Å². The number of nitriles is 1. The van der Waals surface area contributed by atoms with E-state index in [1.807, 2.05) is 13.0 Å². The molecule has 3 aromatic rings. The van der Waals surface area contributed by atoms with Crippen molar-refractivity contribution >= 4 is 17.3 Å². The summed E-state index contributed by atoms with van der Waals surface area (Å²) in [5.41, 5.74) is 3.07. The molecule has 180 valence electrons. The van der Waals surface area contributed by atoms with Crippen molar-refractivity contribution in [2.45, 2.75) is 25.9 Å². The number of aryl methyl sites for hydroxylation is 1. The van der Waals surface area contributed by atoms with Crippen LogP contribution in [0.15, 0.2) is 54.6 Å². The molecule has 1 aliphatic heterocycles. The molecular formula is C27H25F2N3O3. The maximum absolute atomic E-state index is 14.0. The number of rotatable bonds is 6. The minimum Gasteiger partial charge on any atom is -0.496 e. The van der Waals surface area contributed by atoms with Gasteiger partial charge in [0.2, 0.25) is 0 Å². The van der Waals surface area contributed by atoms with E-state index in [-0.39, 0.29) is 17.8 Å². The van der Waals surface area contributed by atoms with Crippen molar-refractivity contribution in [1.29, 1.82) is 5.26 Å². The SMILES string of the molecule is COc1cc(C)ccc1C(=O)Nc1cc(C#N)ccc1N1CCC(Oc2ccc(F)cc2F)CC1. The summed E-state index contributed by atoms with van der Waals surface area (Å²) in [6, 6.07) is 15.9. The van der Waals surface area contributed by atoms with E-state index in [4.69, 9.17) is 9.47 Å². The number of hydrogen-bond donors (Lipinski definition) is 1. The zero-order valence-electron chi connectivity index (χ0n) is 19.5. The average Bonchev–Trinajstić information content (AvgIpc) is 2.86. The van der Waals surface area contributed by atoms with Crippen molar-refractivity contribution in [1.82, 2.24) is 0 Å². The lowest BCUT2D eigenvalue weighted by molar-refractivity contribution is 0.102. The van der Waals surface area contributed by atoms with Gasteiger partial charge in [0.05, 0.1) is 35.7 Å². The molecule has 0 bridgehead atoms. The maximum Gasteiger partial charge on any atom is 0.259 e. The largest absolute Gasteiger partial charge is 0.496 e. The molecular weight excluding hydrogens is 452 g/mol. The third-order valence-electron chi connectivity index (χ3n) is 5.95. The molecule has 6 nitrogen and oxygen atoms in total. The number of carbonyl (C=O) groups excluding carboxylic acids is 1. The number of ether oxygens (including phenoxy) is 2. The first kappa shape index (κ1) is 24.0. The number of nitrogens with zero attached hydrogens (tertiary/aromatic N) is 2. The standard InChI is InChI=1S/C27H25F2N3O3/c1-17-3-6-21(26(13-17)34-2)27(33)31-23-14-18(16-30)4-7-24(23)32-11-9-20(10-12-32)35-25-8-5-19(28)15-22(25)29/h3-8,13-15,20H,9-12H2,1-2H3,(H,31,33). The second-order valence-electron chi connectivity index (χ2n) is 8.38. The summed E-state index contributed by atoms with van der Waals surface area (Å²) in [4.78, 5) is 15.2. The zero-order chi connectivity index (χ0) is 24.9. The van der Waals surface area contributed by atoms with Gasteiger partial charge in [0.15, 0.2) is 11.6 Å². The van der Waals surface area contributed by atoms with E-state index >= 15 is 0 Å². The van der Waals surface area contributed by atoms with E-state index in [1.54, 1.807) is 30.3 Å². The van der Waals surface area contributed by atoms with E-state index < -0.39 is 11.6 Å². The molecule has 3 aromatic carbocycles. The number of carbonyl (C=O) groups is 1. The van der Waals surface area contributed by atoms with E-state index in [0.29, 0.717) is 48.5 Å². The molecule has 1 N–H and O–H groups in total. The molecule has 4 rings (SSSR count). The van der Waals surface area contributed by atoms with Crippen molar-refractivity contribution in [2.24, 2.45) is 0 Å². The van der Waals surface area contributed by atoms with Crippen LogP contribution >= 0.6 is 0 Å². The topological polar surface area (TPSA) is 74.6 Å². The lowest BCUT2D eigenvalue weighted by Crippen LogP contribution is -2.38. The first-order chi connectivity index (χ1) is 16.9. The second-order valence-corrected chi connectivity index (χ2v) is 8.38. The van der Waals surface area contributed by atoms with E-state index in [2.05, 4.69) is 16.3 Å². The summed E-state index contributed by atoms with van der Waals surface area (Å²) in [7, 11) is 1.51. The summed E-state index contributed by atoms with van der Waals surface area (Å²) in [5.74, 6) is -1.22. The Bertz CT molecular complexity index is 1280. The fourth-order valence-electron chi connectivity index (χ4n) is 4.12. The summed E-state index contributed by atoms with van der Waals surface area (Å²) < 4.78 is 38.2. The van der Waals surface area contributed by atoms with Crippen LogP contribution in [0.2, 0.25) is 0 Å². The Morgan fingerprint density at radius 1 is 1.06 bits per heavy atom. The Kier molecular flexibility index (Phi) is 7.16. The minimum atomic E-state index is -0.726. The van der Waals surface area contributed by atoms with Crippen LogP contribution in [-0.4, -0.2) is 32.2 Å². The molecule has 0 unspecified atom stereocenters. The highest BCUT2D eigenvalue weighted by Gasteiger charge is 2.24. The number of methoxy groups -OCH3 is 1. The third-order valence-corrected chi connectivity index (χ3v) is 5.95. The highest BCUT2D eigenvalue weighted by molar-refractivity contribution is 6.07. The normalized spacial score (nSPS) is 13.7. The molecule has 35 heavy (non-hydrogen) atoms. The van der Waals surface area contributed by atoms with Crippen LogP contribution < -0.4 is 19.7 Å². The summed E-state index contributed by atoms with van der Waals surface area (Å²) >= 11 is 0. The number of amides is 1. The van der Waals surface area contributed by atoms with Gasteiger partial charge in [-0.15, -0.1) is 0 Å². The fourth-order valence-corrected chi connectivity index (χ4v) is 4.12. The molecule has 1 heterocycles. The van der Waals surface area contributed by atoms with E-state index in [0.717, 1.165) is 17.3 Å². The molecule has 0 radical (unpaired) electrons. The minimum absolute atomic E-state index is 0.0308. The first-order valence-corrected chi connectivity index (χ1v) is 11.2. The van der Waals surface area contributed by atoms with Gasteiger partial charge >= 0.3 is 0 Å². The third kappa shape index (κ3) is 5.52. The molecule has 0 aliphatic carbocycles. The van der Waals surface area contributed by atoms with Crippen LogP contribution in [-0.2, 0) is 0 Å². The highest BCUT2D eigenvalue weighted by atomic mass is 19.1. The molecule has 0 spiro atoms. The molecule has 8 heteroatoms. The van der Waals surface area contributed by atoms with Crippen LogP contribution in [0.5, 0.6) is 11.5 Å². The number of piperidine rings is 1. The molecule has 0 aromatic heterocycles. The molecule has 1 amide bonds. The molecule has 1 fully saturated rings. The van der Waals surface area contributed by atoms with Gasteiger partial charge in [0.1, 0.15) is 17.7 Å². The van der Waals surface area contributed by atoms with Crippen LogP contribution in [0, 0.1) is 29.9 Å². The van der Waals surface area contributed by atoms with Crippen molar-refractivity contribution in [3.8, 4) is 17.6 Å². The molecule has 0 atom stereocenters. The van der Waals surface area contributed by atoms with E-state index in [1.165, 1.54) is 19.2 Å². The monoisotopic (exact) mass is 477 g/mol. The Balaban J connectivity index is 1.50. The van der Waals surface area contributed by atoms with Crippen molar-refractivity contribution in [3.05, 3.63) is 82.9 Å². The Hall–Kier alpha value is -4.12. The molecule has 0 saturated carbocycles. The van der Waals surface area contributed by atoms with Gasteiger partial charge in [-0.25, -0.2) is 8.78 Å². The summed E-state index contributed by atoms with van der Waals surface area (Å²) in [6.07, 6.45) is 0.992. The number of anilines is 2. The maximum atomic E-state index is 14.0. The van der Waals surface area contributed by atoms with Gasteiger partial charge in [0, 0.05) is 32.0 Å². The Morgan fingerprint density at radius 3 is 2.51 bits per heavy atom.